The zero-order chi connectivity index (χ0) is 22.5. The van der Waals surface area contributed by atoms with Gasteiger partial charge in [0, 0.05) is 0 Å². The highest BCUT2D eigenvalue weighted by Crippen LogP contribution is 2.31. The number of rotatable bonds is 8. The third-order valence-electron chi connectivity index (χ3n) is 5.05. The molecule has 0 spiro atoms. The smallest absolute Gasteiger partial charge is 0.335 e. The summed E-state index contributed by atoms with van der Waals surface area (Å²) in [7, 11) is 0. The van der Waals surface area contributed by atoms with Crippen LogP contribution in [-0.2, 0) is 11.3 Å². The minimum Gasteiger partial charge on any atom is -0.488 e. The summed E-state index contributed by atoms with van der Waals surface area (Å²) in [4.78, 5) is 22.7. The van der Waals surface area contributed by atoms with Gasteiger partial charge in [-0.3, -0.25) is 4.79 Å². The maximum Gasteiger partial charge on any atom is 0.335 e. The largest absolute Gasteiger partial charge is 0.488 e. The summed E-state index contributed by atoms with van der Waals surface area (Å²) in [5.41, 5.74) is 0.924. The maximum atomic E-state index is 11.7. The number of aldehydes is 1. The molecule has 4 N–H and O–H groups in total. The van der Waals surface area contributed by atoms with Crippen LogP contribution in [0.15, 0.2) is 42.5 Å². The van der Waals surface area contributed by atoms with Crippen LogP contribution in [0.25, 0.3) is 0 Å². The number of ether oxygens (including phenoxy) is 3. The van der Waals surface area contributed by atoms with E-state index in [1.807, 2.05) is 0 Å². The summed E-state index contributed by atoms with van der Waals surface area (Å²) in [6, 6.07) is 10.8. The lowest BCUT2D eigenvalue weighted by Gasteiger charge is -2.40. The first kappa shape index (κ1) is 22.7. The summed E-state index contributed by atoms with van der Waals surface area (Å²) < 4.78 is 16.9. The third-order valence-corrected chi connectivity index (χ3v) is 5.05. The van der Waals surface area contributed by atoms with Crippen molar-refractivity contribution in [1.29, 1.82) is 0 Å². The molecular formula is C22H24O9. The Labute approximate surface area is 178 Å². The molecule has 1 saturated heterocycles. The Kier molecular flexibility index (Phi) is 7.24. The minimum absolute atomic E-state index is 0.0779. The van der Waals surface area contributed by atoms with Gasteiger partial charge < -0.3 is 34.6 Å². The summed E-state index contributed by atoms with van der Waals surface area (Å²) in [6.45, 7) is 1.83. The number of carboxylic acid groups (broad SMARTS) is 1. The number of benzene rings is 2. The highest BCUT2D eigenvalue weighted by atomic mass is 16.7. The standard InChI is InChI=1S/C22H24O9/c1-2-15-18(24)19(25)20(26)22(30-15)31-17-5-3-4-16(14(17)10-23)29-11-12-6-8-13(9-7-12)21(27)28/h3-10,15,18-20,22,24-26H,2,11H2,1H3,(H,27,28). The Morgan fingerprint density at radius 2 is 1.71 bits per heavy atom. The van der Waals surface area contributed by atoms with Crippen molar-refractivity contribution in [2.24, 2.45) is 0 Å². The molecule has 0 aromatic heterocycles. The molecule has 166 valence electrons. The molecule has 0 saturated carbocycles. The van der Waals surface area contributed by atoms with Gasteiger partial charge in [0.25, 0.3) is 0 Å². The Balaban J connectivity index is 1.75. The maximum absolute atomic E-state index is 11.7. The lowest BCUT2D eigenvalue weighted by molar-refractivity contribution is -0.272. The number of hydrogen-bond donors (Lipinski definition) is 4. The number of carbonyl (C=O) groups is 2. The molecule has 5 unspecified atom stereocenters. The van der Waals surface area contributed by atoms with Gasteiger partial charge in [0.15, 0.2) is 6.29 Å². The van der Waals surface area contributed by atoms with Gasteiger partial charge in [-0.05, 0) is 36.2 Å². The first-order chi connectivity index (χ1) is 14.8. The van der Waals surface area contributed by atoms with Crippen molar-refractivity contribution in [1.82, 2.24) is 0 Å². The van der Waals surface area contributed by atoms with Crippen LogP contribution in [0.2, 0.25) is 0 Å². The lowest BCUT2D eigenvalue weighted by Crippen LogP contribution is -2.58. The van der Waals surface area contributed by atoms with Gasteiger partial charge in [0.05, 0.1) is 17.2 Å². The predicted molar refractivity (Wildman–Crippen MR) is 107 cm³/mol. The Morgan fingerprint density at radius 3 is 2.32 bits per heavy atom. The van der Waals surface area contributed by atoms with Crippen LogP contribution in [0, 0.1) is 0 Å². The molecule has 1 aliphatic heterocycles. The van der Waals surface area contributed by atoms with Crippen molar-refractivity contribution in [3.8, 4) is 11.5 Å². The number of carboxylic acids is 1. The SMILES string of the molecule is CCC1OC(Oc2cccc(OCc3ccc(C(=O)O)cc3)c2C=O)C(O)C(O)C1O. The van der Waals surface area contributed by atoms with Crippen molar-refractivity contribution < 1.29 is 44.2 Å². The van der Waals surface area contributed by atoms with Crippen LogP contribution in [-0.4, -0.2) is 63.4 Å². The van der Waals surface area contributed by atoms with E-state index >= 15 is 0 Å². The van der Waals surface area contributed by atoms with Gasteiger partial charge in [-0.2, -0.15) is 0 Å². The second-order valence-electron chi connectivity index (χ2n) is 7.12. The molecule has 2 aromatic rings. The number of aliphatic hydroxyl groups is 3. The topological polar surface area (TPSA) is 143 Å². The van der Waals surface area contributed by atoms with Crippen molar-refractivity contribution in [2.45, 2.75) is 50.7 Å². The summed E-state index contributed by atoms with van der Waals surface area (Å²) >= 11 is 0. The second-order valence-corrected chi connectivity index (χ2v) is 7.12. The fourth-order valence-corrected chi connectivity index (χ4v) is 3.25. The summed E-state index contributed by atoms with van der Waals surface area (Å²) in [5.74, 6) is -0.736. The normalized spacial score (nSPS) is 25.6. The molecule has 1 fully saturated rings. The molecule has 1 aliphatic rings. The number of aromatic carboxylic acids is 1. The first-order valence-corrected chi connectivity index (χ1v) is 9.75. The quantitative estimate of drug-likeness (QED) is 0.455. The van der Waals surface area contributed by atoms with Gasteiger partial charge in [-0.25, -0.2) is 4.79 Å². The molecule has 2 aromatic carbocycles. The number of aliphatic hydroxyl groups excluding tert-OH is 3. The third kappa shape index (κ3) is 5.02. The molecule has 0 bridgehead atoms. The number of carbonyl (C=O) groups excluding carboxylic acids is 1. The van der Waals surface area contributed by atoms with Gasteiger partial charge in [-0.15, -0.1) is 0 Å². The molecule has 3 rings (SSSR count). The molecule has 1 heterocycles. The average molecular weight is 432 g/mol. The van der Waals surface area contributed by atoms with E-state index in [1.54, 1.807) is 31.2 Å². The van der Waals surface area contributed by atoms with Gasteiger partial charge in [0.2, 0.25) is 6.29 Å². The van der Waals surface area contributed by atoms with Gasteiger partial charge in [0.1, 0.15) is 36.4 Å². The van der Waals surface area contributed by atoms with Crippen LogP contribution in [0.4, 0.5) is 0 Å². The fraction of sp³-hybridized carbons (Fsp3) is 0.364. The monoisotopic (exact) mass is 432 g/mol. The van der Waals surface area contributed by atoms with Crippen molar-refractivity contribution in [3.05, 3.63) is 59.2 Å². The fourth-order valence-electron chi connectivity index (χ4n) is 3.25. The lowest BCUT2D eigenvalue weighted by atomic mass is 9.97. The van der Waals surface area contributed by atoms with Gasteiger partial charge >= 0.3 is 5.97 Å². The van der Waals surface area contributed by atoms with E-state index in [4.69, 9.17) is 19.3 Å². The molecule has 31 heavy (non-hydrogen) atoms. The molecule has 0 amide bonds. The van der Waals surface area contributed by atoms with E-state index in [9.17, 15) is 24.9 Å². The Hall–Kier alpha value is -2.98. The van der Waals surface area contributed by atoms with Crippen LogP contribution >= 0.6 is 0 Å². The van der Waals surface area contributed by atoms with Crippen LogP contribution in [0.5, 0.6) is 11.5 Å². The molecule has 9 heteroatoms. The second kappa shape index (κ2) is 9.88. The van der Waals surface area contributed by atoms with Crippen LogP contribution < -0.4 is 9.47 Å². The van der Waals surface area contributed by atoms with Crippen molar-refractivity contribution in [3.63, 3.8) is 0 Å². The Morgan fingerprint density at radius 1 is 1.03 bits per heavy atom. The first-order valence-electron chi connectivity index (χ1n) is 9.75. The van der Waals surface area contributed by atoms with Crippen molar-refractivity contribution >= 4 is 12.3 Å². The van der Waals surface area contributed by atoms with E-state index in [1.165, 1.54) is 18.2 Å². The zero-order valence-electron chi connectivity index (χ0n) is 16.7. The highest BCUT2D eigenvalue weighted by molar-refractivity contribution is 5.87. The van der Waals surface area contributed by atoms with E-state index in [0.717, 1.165) is 0 Å². The van der Waals surface area contributed by atoms with E-state index < -0.39 is 36.7 Å². The Bertz CT molecular complexity index is 910. The van der Waals surface area contributed by atoms with E-state index in [-0.39, 0.29) is 29.2 Å². The highest BCUT2D eigenvalue weighted by Gasteiger charge is 2.44. The van der Waals surface area contributed by atoms with E-state index in [2.05, 4.69) is 0 Å². The summed E-state index contributed by atoms with van der Waals surface area (Å²) in [6.07, 6.45) is -5.35. The minimum atomic E-state index is -1.52. The molecule has 0 aliphatic carbocycles. The number of hydrogen-bond acceptors (Lipinski definition) is 8. The average Bonchev–Trinajstić information content (AvgIpc) is 2.78. The molecule has 9 nitrogen and oxygen atoms in total. The summed E-state index contributed by atoms with van der Waals surface area (Å²) in [5, 5.41) is 39.2. The van der Waals surface area contributed by atoms with Crippen LogP contribution in [0.1, 0.15) is 39.6 Å². The van der Waals surface area contributed by atoms with Crippen LogP contribution in [0.3, 0.4) is 0 Å². The molecular weight excluding hydrogens is 408 g/mol. The predicted octanol–water partition coefficient (Wildman–Crippen LogP) is 1.37. The zero-order valence-corrected chi connectivity index (χ0v) is 16.7. The van der Waals surface area contributed by atoms with Crippen molar-refractivity contribution in [2.75, 3.05) is 0 Å². The van der Waals surface area contributed by atoms with E-state index in [0.29, 0.717) is 18.3 Å². The molecule has 0 radical (unpaired) electrons. The molecule has 5 atom stereocenters. The van der Waals surface area contributed by atoms with Gasteiger partial charge in [-0.1, -0.05) is 25.1 Å².